The first-order valence-corrected chi connectivity index (χ1v) is 7.91. The number of hydrogen-bond donors (Lipinski definition) is 2. The zero-order valence-corrected chi connectivity index (χ0v) is 14.1. The molecule has 0 aliphatic carbocycles. The van der Waals surface area contributed by atoms with Crippen molar-refractivity contribution in [1.29, 1.82) is 0 Å². The van der Waals surface area contributed by atoms with Crippen molar-refractivity contribution in [3.63, 3.8) is 0 Å². The van der Waals surface area contributed by atoms with Crippen molar-refractivity contribution in [2.45, 2.75) is 13.8 Å². The van der Waals surface area contributed by atoms with E-state index in [0.717, 1.165) is 22.9 Å². The molecule has 0 fully saturated rings. The van der Waals surface area contributed by atoms with E-state index in [2.05, 4.69) is 12.2 Å². The van der Waals surface area contributed by atoms with E-state index < -0.39 is 0 Å². The summed E-state index contributed by atoms with van der Waals surface area (Å²) < 4.78 is 5.65. The van der Waals surface area contributed by atoms with Crippen LogP contribution < -0.4 is 15.0 Å². The van der Waals surface area contributed by atoms with E-state index in [0.29, 0.717) is 13.2 Å². The van der Waals surface area contributed by atoms with Crippen LogP contribution in [0.3, 0.4) is 0 Å². The third-order valence-corrected chi connectivity index (χ3v) is 3.79. The van der Waals surface area contributed by atoms with Crippen molar-refractivity contribution in [1.82, 2.24) is 0 Å². The first kappa shape index (κ1) is 17.0. The number of carbonyl (C=O) groups excluding carboxylic acids is 1. The first-order valence-electron chi connectivity index (χ1n) is 7.91. The van der Waals surface area contributed by atoms with E-state index in [1.54, 1.807) is 0 Å². The molecule has 2 aromatic rings. The summed E-state index contributed by atoms with van der Waals surface area (Å²) in [5, 5.41) is 2.95. The summed E-state index contributed by atoms with van der Waals surface area (Å²) in [6, 6.07) is 15.7. The molecule has 0 heterocycles. The van der Waals surface area contributed by atoms with Crippen LogP contribution in [-0.2, 0) is 4.79 Å². The van der Waals surface area contributed by atoms with Crippen molar-refractivity contribution >= 4 is 11.6 Å². The summed E-state index contributed by atoms with van der Waals surface area (Å²) >= 11 is 0. The molecule has 0 saturated carbocycles. The molecule has 4 heteroatoms. The Kier molecular flexibility index (Phi) is 6.18. The maximum atomic E-state index is 12.1. The zero-order valence-electron chi connectivity index (χ0n) is 14.1. The Bertz CT molecular complexity index is 641. The summed E-state index contributed by atoms with van der Waals surface area (Å²) in [5.74, 6) is 0.880. The summed E-state index contributed by atoms with van der Waals surface area (Å²) in [4.78, 5) is 13.2. The SMILES string of the molecule is Cc1ccc(NC(=O)C[NH+](C)CCOc2ccccc2)cc1C. The summed E-state index contributed by atoms with van der Waals surface area (Å²) in [6.45, 7) is 5.89. The smallest absolute Gasteiger partial charge is 0.279 e. The van der Waals surface area contributed by atoms with Gasteiger partial charge in [-0.1, -0.05) is 24.3 Å². The van der Waals surface area contributed by atoms with E-state index in [-0.39, 0.29) is 5.91 Å². The zero-order chi connectivity index (χ0) is 16.7. The van der Waals surface area contributed by atoms with E-state index in [9.17, 15) is 4.79 Å². The number of nitrogens with one attached hydrogen (secondary N) is 2. The predicted octanol–water partition coefficient (Wildman–Crippen LogP) is 1.84. The minimum Gasteiger partial charge on any atom is -0.488 e. The highest BCUT2D eigenvalue weighted by atomic mass is 16.5. The molecule has 2 aromatic carbocycles. The molecule has 2 rings (SSSR count). The number of carbonyl (C=O) groups is 1. The Labute approximate surface area is 138 Å². The third kappa shape index (κ3) is 5.75. The minimum absolute atomic E-state index is 0.0189. The number of para-hydroxylation sites is 1. The van der Waals surface area contributed by atoms with Gasteiger partial charge in [-0.25, -0.2) is 0 Å². The molecule has 1 amide bonds. The molecule has 0 aromatic heterocycles. The van der Waals surface area contributed by atoms with Crippen LogP contribution in [0.1, 0.15) is 11.1 Å². The molecule has 1 unspecified atom stereocenters. The Morgan fingerprint density at radius 2 is 1.83 bits per heavy atom. The van der Waals surface area contributed by atoms with Gasteiger partial charge in [0.05, 0.1) is 7.05 Å². The Morgan fingerprint density at radius 3 is 2.52 bits per heavy atom. The van der Waals surface area contributed by atoms with Gasteiger partial charge in [0.15, 0.2) is 6.54 Å². The maximum absolute atomic E-state index is 12.1. The number of rotatable bonds is 7. The second kappa shape index (κ2) is 8.34. The molecular weight excluding hydrogens is 288 g/mol. The Morgan fingerprint density at radius 1 is 1.09 bits per heavy atom. The molecule has 0 spiro atoms. The van der Waals surface area contributed by atoms with Crippen LogP contribution in [0.5, 0.6) is 5.75 Å². The fourth-order valence-corrected chi connectivity index (χ4v) is 2.25. The Balaban J connectivity index is 1.72. The summed E-state index contributed by atoms with van der Waals surface area (Å²) in [6.07, 6.45) is 0. The highest BCUT2D eigenvalue weighted by Gasteiger charge is 2.10. The van der Waals surface area contributed by atoms with Crippen molar-refractivity contribution in [3.05, 3.63) is 59.7 Å². The molecule has 1 atom stereocenters. The monoisotopic (exact) mass is 313 g/mol. The molecule has 0 saturated heterocycles. The molecule has 122 valence electrons. The molecule has 0 aliphatic heterocycles. The van der Waals surface area contributed by atoms with E-state index in [1.165, 1.54) is 11.1 Å². The van der Waals surface area contributed by atoms with E-state index in [4.69, 9.17) is 4.74 Å². The van der Waals surface area contributed by atoms with Crippen LogP contribution in [0, 0.1) is 13.8 Å². The quantitative estimate of drug-likeness (QED) is 0.819. The van der Waals surface area contributed by atoms with Crippen LogP contribution >= 0.6 is 0 Å². The average Bonchev–Trinajstić information content (AvgIpc) is 2.52. The molecule has 0 bridgehead atoms. The lowest BCUT2D eigenvalue weighted by atomic mass is 10.1. The van der Waals surface area contributed by atoms with Crippen molar-refractivity contribution in [2.24, 2.45) is 0 Å². The van der Waals surface area contributed by atoms with Gasteiger partial charge in [0.25, 0.3) is 5.91 Å². The van der Waals surface area contributed by atoms with Gasteiger partial charge in [0, 0.05) is 5.69 Å². The number of amides is 1. The average molecular weight is 313 g/mol. The lowest BCUT2D eigenvalue weighted by Gasteiger charge is -2.14. The van der Waals surface area contributed by atoms with Crippen molar-refractivity contribution < 1.29 is 14.4 Å². The number of quaternary nitrogens is 1. The second-order valence-corrected chi connectivity index (χ2v) is 5.89. The summed E-state index contributed by atoms with van der Waals surface area (Å²) in [7, 11) is 1.99. The maximum Gasteiger partial charge on any atom is 0.279 e. The second-order valence-electron chi connectivity index (χ2n) is 5.89. The van der Waals surface area contributed by atoms with E-state index in [1.807, 2.05) is 62.5 Å². The van der Waals surface area contributed by atoms with Gasteiger partial charge in [-0.3, -0.25) is 4.79 Å². The minimum atomic E-state index is 0.0189. The largest absolute Gasteiger partial charge is 0.488 e. The standard InChI is InChI=1S/C19H24N2O2/c1-15-9-10-17(13-16(15)2)20-19(22)14-21(3)11-12-23-18-7-5-4-6-8-18/h4-10,13H,11-12,14H2,1-3H3,(H,20,22)/p+1. The number of hydrogen-bond acceptors (Lipinski definition) is 2. The first-order chi connectivity index (χ1) is 11.0. The van der Waals surface area contributed by atoms with Gasteiger partial charge in [-0.2, -0.15) is 0 Å². The molecule has 2 N–H and O–H groups in total. The topological polar surface area (TPSA) is 42.8 Å². The van der Waals surface area contributed by atoms with Gasteiger partial charge in [-0.05, 0) is 49.2 Å². The lowest BCUT2D eigenvalue weighted by Crippen LogP contribution is -3.10. The third-order valence-electron chi connectivity index (χ3n) is 3.79. The van der Waals surface area contributed by atoms with Crippen LogP contribution in [0.2, 0.25) is 0 Å². The van der Waals surface area contributed by atoms with Crippen LogP contribution in [-0.4, -0.2) is 32.7 Å². The molecule has 23 heavy (non-hydrogen) atoms. The van der Waals surface area contributed by atoms with Crippen LogP contribution in [0.4, 0.5) is 5.69 Å². The number of ether oxygens (including phenoxy) is 1. The van der Waals surface area contributed by atoms with Gasteiger partial charge in [0.1, 0.15) is 18.9 Å². The fourth-order valence-electron chi connectivity index (χ4n) is 2.25. The Hall–Kier alpha value is -2.33. The number of anilines is 1. The van der Waals surface area contributed by atoms with E-state index >= 15 is 0 Å². The van der Waals surface area contributed by atoms with Gasteiger partial charge < -0.3 is 15.0 Å². The fraction of sp³-hybridized carbons (Fsp3) is 0.316. The number of likely N-dealkylation sites (N-methyl/N-ethyl adjacent to an activating group) is 1. The van der Waals surface area contributed by atoms with Crippen LogP contribution in [0.15, 0.2) is 48.5 Å². The molecule has 0 radical (unpaired) electrons. The summed E-state index contributed by atoms with van der Waals surface area (Å²) in [5.41, 5.74) is 3.26. The van der Waals surface area contributed by atoms with Gasteiger partial charge in [-0.15, -0.1) is 0 Å². The number of aryl methyl sites for hydroxylation is 2. The normalized spacial score (nSPS) is 11.8. The molecular formula is C19H25N2O2+. The van der Waals surface area contributed by atoms with Crippen molar-refractivity contribution in [2.75, 3.05) is 32.1 Å². The highest BCUT2D eigenvalue weighted by Crippen LogP contribution is 2.13. The van der Waals surface area contributed by atoms with Gasteiger partial charge >= 0.3 is 0 Å². The van der Waals surface area contributed by atoms with Gasteiger partial charge in [0.2, 0.25) is 0 Å². The molecule has 4 nitrogen and oxygen atoms in total. The number of benzene rings is 2. The highest BCUT2D eigenvalue weighted by molar-refractivity contribution is 5.91. The van der Waals surface area contributed by atoms with Crippen molar-refractivity contribution in [3.8, 4) is 5.75 Å². The van der Waals surface area contributed by atoms with Crippen LogP contribution in [0.25, 0.3) is 0 Å². The predicted molar refractivity (Wildman–Crippen MR) is 93.1 cm³/mol. The molecule has 0 aliphatic rings. The lowest BCUT2D eigenvalue weighted by molar-refractivity contribution is -0.871.